The first-order valence-corrected chi connectivity index (χ1v) is 10.4. The largest absolute Gasteiger partial charge is 0.378 e. The van der Waals surface area contributed by atoms with Gasteiger partial charge in [-0.2, -0.15) is 0 Å². The molecule has 2 N–H and O–H groups in total. The van der Waals surface area contributed by atoms with Crippen molar-refractivity contribution in [1.29, 1.82) is 0 Å². The van der Waals surface area contributed by atoms with Gasteiger partial charge in [-0.25, -0.2) is 8.42 Å². The molecule has 0 heterocycles. The minimum absolute atomic E-state index is 0.0346. The zero-order valence-corrected chi connectivity index (χ0v) is 15.8. The number of sulfone groups is 1. The lowest BCUT2D eigenvalue weighted by Crippen LogP contribution is -2.38. The number of hydrogen-bond acceptors (Lipinski definition) is 4. The summed E-state index contributed by atoms with van der Waals surface area (Å²) in [6, 6.07) is 7.76. The molecule has 0 amide bonds. The molecule has 0 saturated carbocycles. The Bertz CT molecular complexity index is 621. The van der Waals surface area contributed by atoms with Gasteiger partial charge in [0.15, 0.2) is 5.96 Å². The van der Waals surface area contributed by atoms with Crippen molar-refractivity contribution >= 4 is 27.4 Å². The highest BCUT2D eigenvalue weighted by Crippen LogP contribution is 2.14. The van der Waals surface area contributed by atoms with Crippen molar-refractivity contribution in [3.8, 4) is 0 Å². The molecule has 0 radical (unpaired) electrons. The fourth-order valence-corrected chi connectivity index (χ4v) is 2.54. The van der Waals surface area contributed by atoms with Crippen LogP contribution in [0.25, 0.3) is 0 Å². The summed E-state index contributed by atoms with van der Waals surface area (Å²) in [5, 5.41) is 7.16. The van der Waals surface area contributed by atoms with E-state index in [2.05, 4.69) is 15.6 Å². The molecule has 1 aromatic rings. The fraction of sp³-hybridized carbons (Fsp3) is 0.562. The summed E-state index contributed by atoms with van der Waals surface area (Å²) < 4.78 is 27.2. The average Bonchev–Trinajstić information content (AvgIpc) is 2.51. The summed E-state index contributed by atoms with van der Waals surface area (Å²) in [4.78, 5) is 4.39. The minimum atomic E-state index is -2.97. The molecule has 0 fully saturated rings. The van der Waals surface area contributed by atoms with E-state index >= 15 is 0 Å². The molecular formula is C16H26ClN3O3S. The normalized spacial score (nSPS) is 12.2. The molecular weight excluding hydrogens is 350 g/mol. The number of benzene rings is 1. The van der Waals surface area contributed by atoms with Crippen molar-refractivity contribution in [3.05, 3.63) is 34.9 Å². The Morgan fingerprint density at radius 2 is 2.00 bits per heavy atom. The van der Waals surface area contributed by atoms with Crippen molar-refractivity contribution in [1.82, 2.24) is 10.6 Å². The van der Waals surface area contributed by atoms with Crippen LogP contribution in [0, 0.1) is 0 Å². The summed E-state index contributed by atoms with van der Waals surface area (Å²) in [6.45, 7) is 4.51. The number of rotatable bonds is 10. The number of guanidine groups is 1. The molecule has 0 unspecified atom stereocenters. The van der Waals surface area contributed by atoms with Crippen LogP contribution in [0.15, 0.2) is 29.3 Å². The van der Waals surface area contributed by atoms with E-state index in [-0.39, 0.29) is 12.4 Å². The number of halogens is 1. The van der Waals surface area contributed by atoms with Gasteiger partial charge < -0.3 is 15.4 Å². The van der Waals surface area contributed by atoms with E-state index in [4.69, 9.17) is 16.3 Å². The molecule has 0 aliphatic carbocycles. The first kappa shape index (κ1) is 20.7. The lowest BCUT2D eigenvalue weighted by Gasteiger charge is -2.12. The summed E-state index contributed by atoms with van der Waals surface area (Å²) in [6.07, 6.45) is 2.00. The van der Waals surface area contributed by atoms with Crippen molar-refractivity contribution in [2.75, 3.05) is 44.9 Å². The fourth-order valence-electron chi connectivity index (χ4n) is 1.89. The van der Waals surface area contributed by atoms with Crippen molar-refractivity contribution in [2.24, 2.45) is 4.99 Å². The quantitative estimate of drug-likeness (QED) is 0.368. The summed E-state index contributed by atoms with van der Waals surface area (Å²) in [5.74, 6) is 0.739. The van der Waals surface area contributed by atoms with E-state index in [9.17, 15) is 8.42 Å². The van der Waals surface area contributed by atoms with E-state index in [1.807, 2.05) is 31.2 Å². The van der Waals surface area contributed by atoms with Gasteiger partial charge in [-0.15, -0.1) is 0 Å². The molecule has 24 heavy (non-hydrogen) atoms. The lowest BCUT2D eigenvalue weighted by molar-refractivity contribution is 0.157. The summed E-state index contributed by atoms with van der Waals surface area (Å²) >= 11 is 6.13. The number of ether oxygens (including phenoxy) is 1. The molecule has 0 bridgehead atoms. The first-order valence-electron chi connectivity index (χ1n) is 7.93. The zero-order chi connectivity index (χ0) is 17.8. The Hall–Kier alpha value is -1.31. The highest BCUT2D eigenvalue weighted by atomic mass is 35.5. The van der Waals surface area contributed by atoms with Gasteiger partial charge in [-0.1, -0.05) is 29.8 Å². The molecule has 8 heteroatoms. The summed E-state index contributed by atoms with van der Waals surface area (Å²) in [7, 11) is -2.97. The second-order valence-electron chi connectivity index (χ2n) is 5.27. The molecule has 6 nitrogen and oxygen atoms in total. The van der Waals surface area contributed by atoms with Gasteiger partial charge >= 0.3 is 0 Å². The highest BCUT2D eigenvalue weighted by Gasteiger charge is 2.02. The van der Waals surface area contributed by atoms with Gasteiger partial charge in [-0.05, 0) is 25.0 Å². The van der Waals surface area contributed by atoms with Crippen LogP contribution in [0.3, 0.4) is 0 Å². The smallest absolute Gasteiger partial charge is 0.191 e. The van der Waals surface area contributed by atoms with Crippen LogP contribution < -0.4 is 10.6 Å². The van der Waals surface area contributed by atoms with Gasteiger partial charge in [0.05, 0.1) is 25.5 Å². The van der Waals surface area contributed by atoms with Crippen LogP contribution in [0.5, 0.6) is 0 Å². The van der Waals surface area contributed by atoms with Crippen LogP contribution >= 0.6 is 11.6 Å². The van der Waals surface area contributed by atoms with Crippen molar-refractivity contribution in [3.63, 3.8) is 0 Å². The van der Waals surface area contributed by atoms with E-state index in [1.54, 1.807) is 0 Å². The topological polar surface area (TPSA) is 79.8 Å². The molecule has 136 valence electrons. The third-order valence-corrected chi connectivity index (χ3v) is 4.37. The molecule has 1 aromatic carbocycles. The minimum Gasteiger partial charge on any atom is -0.378 e. The Balaban J connectivity index is 2.31. The predicted octanol–water partition coefficient (Wildman–Crippen LogP) is 1.50. The lowest BCUT2D eigenvalue weighted by atomic mass is 10.1. The van der Waals surface area contributed by atoms with Crippen LogP contribution in [0.4, 0.5) is 0 Å². The SMILES string of the molecule is CCNC(=NCCOCCS(C)(=O)=O)NCCc1ccccc1Cl. The number of hydrogen-bond donors (Lipinski definition) is 2. The molecule has 0 saturated heterocycles. The highest BCUT2D eigenvalue weighted by molar-refractivity contribution is 7.90. The van der Waals surface area contributed by atoms with Crippen LogP contribution in [-0.4, -0.2) is 59.2 Å². The Morgan fingerprint density at radius 3 is 2.67 bits per heavy atom. The molecule has 0 aromatic heterocycles. The van der Waals surface area contributed by atoms with Gasteiger partial charge in [0.1, 0.15) is 9.84 Å². The maximum absolute atomic E-state index is 11.0. The maximum Gasteiger partial charge on any atom is 0.191 e. The Morgan fingerprint density at radius 1 is 1.25 bits per heavy atom. The molecule has 0 aliphatic rings. The zero-order valence-electron chi connectivity index (χ0n) is 14.2. The first-order chi connectivity index (χ1) is 11.4. The third kappa shape index (κ3) is 9.75. The molecule has 0 aliphatic heterocycles. The third-order valence-electron chi connectivity index (χ3n) is 3.09. The van der Waals surface area contributed by atoms with Crippen molar-refractivity contribution in [2.45, 2.75) is 13.3 Å². The van der Waals surface area contributed by atoms with E-state index in [0.717, 1.165) is 23.6 Å². The number of nitrogens with one attached hydrogen (secondary N) is 2. The summed E-state index contributed by atoms with van der Waals surface area (Å²) in [5.41, 5.74) is 1.09. The standard InChI is InChI=1S/C16H26ClN3O3S/c1-3-18-16(20-10-11-23-12-13-24(2,21)22)19-9-8-14-6-4-5-7-15(14)17/h4-7H,3,8-13H2,1-2H3,(H2,18,19,20). The van der Waals surface area contributed by atoms with Gasteiger partial charge in [0.2, 0.25) is 0 Å². The molecule has 1 rings (SSSR count). The Labute approximate surface area is 149 Å². The van der Waals surface area contributed by atoms with E-state index < -0.39 is 9.84 Å². The second-order valence-corrected chi connectivity index (χ2v) is 7.94. The number of aliphatic imine (C=N–C) groups is 1. The molecule has 0 atom stereocenters. The van der Waals surface area contributed by atoms with Gasteiger partial charge in [0, 0.05) is 24.4 Å². The maximum atomic E-state index is 11.0. The Kier molecular flexibility index (Phi) is 9.75. The average molecular weight is 376 g/mol. The molecule has 0 spiro atoms. The van der Waals surface area contributed by atoms with E-state index in [0.29, 0.717) is 25.7 Å². The van der Waals surface area contributed by atoms with Crippen LogP contribution in [0.1, 0.15) is 12.5 Å². The van der Waals surface area contributed by atoms with Crippen LogP contribution in [-0.2, 0) is 21.0 Å². The number of nitrogens with zero attached hydrogens (tertiary/aromatic N) is 1. The van der Waals surface area contributed by atoms with Crippen molar-refractivity contribution < 1.29 is 13.2 Å². The monoisotopic (exact) mass is 375 g/mol. The predicted molar refractivity (Wildman–Crippen MR) is 99.7 cm³/mol. The van der Waals surface area contributed by atoms with Crippen LogP contribution in [0.2, 0.25) is 5.02 Å². The second kappa shape index (κ2) is 11.3. The van der Waals surface area contributed by atoms with E-state index in [1.165, 1.54) is 6.26 Å². The van der Waals surface area contributed by atoms with Gasteiger partial charge in [0.25, 0.3) is 0 Å². The van der Waals surface area contributed by atoms with Gasteiger partial charge in [-0.3, -0.25) is 4.99 Å².